The maximum Gasteiger partial charge on any atom is 0.342 e. The monoisotopic (exact) mass is 288 g/mol. The van der Waals surface area contributed by atoms with E-state index in [1.807, 2.05) is 49.1 Å². The van der Waals surface area contributed by atoms with Crippen molar-refractivity contribution in [2.75, 3.05) is 5.32 Å². The van der Waals surface area contributed by atoms with Crippen molar-refractivity contribution in [3.63, 3.8) is 0 Å². The molecule has 7 heteroatoms. The lowest BCUT2D eigenvalue weighted by Gasteiger charge is -2.15. The third kappa shape index (κ3) is 3.07. The fraction of sp³-hybridized carbons (Fsp3) is 0.286. The first-order valence-electron chi connectivity index (χ1n) is 6.50. The molecule has 1 aromatic heterocycles. The van der Waals surface area contributed by atoms with Crippen LogP contribution in [0.15, 0.2) is 27.8 Å². The van der Waals surface area contributed by atoms with Crippen molar-refractivity contribution >= 4 is 11.6 Å². The second kappa shape index (κ2) is 5.74. The predicted molar refractivity (Wildman–Crippen MR) is 78.7 cm³/mol. The highest BCUT2D eigenvalue weighted by atomic mass is 16.2. The molecule has 0 aliphatic carbocycles. The fourth-order valence-electron chi connectivity index (χ4n) is 2.02. The number of anilines is 1. The number of amides is 1. The van der Waals surface area contributed by atoms with Crippen molar-refractivity contribution in [3.8, 4) is 0 Å². The Morgan fingerprint density at radius 3 is 2.62 bits per heavy atom. The van der Waals surface area contributed by atoms with E-state index in [4.69, 9.17) is 0 Å². The van der Waals surface area contributed by atoms with E-state index < -0.39 is 17.2 Å². The molecule has 0 unspecified atom stereocenters. The van der Waals surface area contributed by atoms with Crippen LogP contribution in [-0.4, -0.2) is 21.1 Å². The van der Waals surface area contributed by atoms with Crippen LogP contribution in [0.4, 0.5) is 5.69 Å². The number of carbonyl (C=O) groups excluding carboxylic acids is 1. The quantitative estimate of drug-likeness (QED) is 0.787. The van der Waals surface area contributed by atoms with Crippen LogP contribution in [0.25, 0.3) is 0 Å². The van der Waals surface area contributed by atoms with Crippen LogP contribution in [0.2, 0.25) is 0 Å². The summed E-state index contributed by atoms with van der Waals surface area (Å²) in [5.41, 5.74) is 0.545. The van der Waals surface area contributed by atoms with Gasteiger partial charge in [0.15, 0.2) is 0 Å². The number of hydrogen-bond donors (Lipinski definition) is 3. The van der Waals surface area contributed by atoms with E-state index in [0.717, 1.165) is 11.1 Å². The summed E-state index contributed by atoms with van der Waals surface area (Å²) in [6, 6.07) is 5.69. The van der Waals surface area contributed by atoms with Gasteiger partial charge in [-0.15, -0.1) is 0 Å². The number of hydrogen-bond acceptors (Lipinski definition) is 4. The number of H-pyrrole nitrogens is 2. The molecule has 2 rings (SSSR count). The zero-order chi connectivity index (χ0) is 15.6. The normalized spacial score (nSPS) is 10.7. The molecule has 1 aromatic carbocycles. The lowest BCUT2D eigenvalue weighted by Crippen LogP contribution is -2.32. The number of aromatic amines is 2. The van der Waals surface area contributed by atoms with Gasteiger partial charge in [-0.25, -0.2) is 9.89 Å². The molecule has 1 heterocycles. The van der Waals surface area contributed by atoms with Crippen LogP contribution in [0.1, 0.15) is 41.4 Å². The summed E-state index contributed by atoms with van der Waals surface area (Å²) >= 11 is 0. The number of para-hydroxylation sites is 1. The first-order chi connectivity index (χ1) is 9.90. The van der Waals surface area contributed by atoms with E-state index in [9.17, 15) is 14.4 Å². The molecule has 0 aliphatic heterocycles. The topological polar surface area (TPSA) is 108 Å². The van der Waals surface area contributed by atoms with Crippen LogP contribution < -0.4 is 16.6 Å². The Morgan fingerprint density at radius 2 is 2.00 bits per heavy atom. The van der Waals surface area contributed by atoms with Gasteiger partial charge in [0, 0.05) is 5.69 Å². The van der Waals surface area contributed by atoms with Gasteiger partial charge in [0.2, 0.25) is 5.69 Å². The van der Waals surface area contributed by atoms with Crippen LogP contribution >= 0.6 is 0 Å². The van der Waals surface area contributed by atoms with Crippen molar-refractivity contribution in [1.29, 1.82) is 0 Å². The van der Waals surface area contributed by atoms with Gasteiger partial charge in [-0.2, -0.15) is 5.10 Å². The number of benzene rings is 1. The molecule has 0 saturated carbocycles. The van der Waals surface area contributed by atoms with Crippen molar-refractivity contribution < 1.29 is 4.79 Å². The average Bonchev–Trinajstić information content (AvgIpc) is 2.40. The molecule has 0 aliphatic rings. The minimum absolute atomic E-state index is 0.210. The number of rotatable bonds is 3. The van der Waals surface area contributed by atoms with E-state index in [-0.39, 0.29) is 11.6 Å². The summed E-state index contributed by atoms with van der Waals surface area (Å²) in [4.78, 5) is 36.6. The minimum Gasteiger partial charge on any atom is -0.320 e. The van der Waals surface area contributed by atoms with Gasteiger partial charge in [0.05, 0.1) is 0 Å². The molecule has 21 heavy (non-hydrogen) atoms. The van der Waals surface area contributed by atoms with Gasteiger partial charge < -0.3 is 5.32 Å². The van der Waals surface area contributed by atoms with Gasteiger partial charge in [-0.3, -0.25) is 14.6 Å². The highest BCUT2D eigenvalue weighted by molar-refractivity contribution is 6.03. The highest BCUT2D eigenvalue weighted by Gasteiger charge is 2.17. The van der Waals surface area contributed by atoms with Crippen LogP contribution in [0.5, 0.6) is 0 Å². The highest BCUT2D eigenvalue weighted by Crippen LogP contribution is 2.27. The number of nitrogens with one attached hydrogen (secondary N) is 3. The Kier molecular flexibility index (Phi) is 4.02. The molecule has 2 aromatic rings. The lowest BCUT2D eigenvalue weighted by molar-refractivity contribution is 0.101. The third-order valence-corrected chi connectivity index (χ3v) is 3.09. The first kappa shape index (κ1) is 14.7. The van der Waals surface area contributed by atoms with Crippen molar-refractivity contribution in [3.05, 3.63) is 55.9 Å². The summed E-state index contributed by atoms with van der Waals surface area (Å²) in [6.07, 6.45) is 0. The summed E-state index contributed by atoms with van der Waals surface area (Å²) in [6.45, 7) is 5.89. The minimum atomic E-state index is -0.823. The molecule has 0 bridgehead atoms. The third-order valence-electron chi connectivity index (χ3n) is 3.09. The second-order valence-corrected chi connectivity index (χ2v) is 5.00. The summed E-state index contributed by atoms with van der Waals surface area (Å²) in [5, 5.41) is 8.22. The SMILES string of the molecule is Cc1cccc(C(C)C)c1NC(=O)c1n[nH]c(=O)[nH]c1=O. The molecule has 0 fully saturated rings. The smallest absolute Gasteiger partial charge is 0.320 e. The molecular formula is C14H16N4O3. The van der Waals surface area contributed by atoms with E-state index >= 15 is 0 Å². The molecule has 7 nitrogen and oxygen atoms in total. The molecule has 1 amide bonds. The second-order valence-electron chi connectivity index (χ2n) is 5.00. The Labute approximate surface area is 120 Å². The summed E-state index contributed by atoms with van der Waals surface area (Å²) in [5.74, 6) is -0.453. The van der Waals surface area contributed by atoms with Gasteiger partial charge in [0.1, 0.15) is 0 Å². The van der Waals surface area contributed by atoms with E-state index in [1.54, 1.807) is 0 Å². The van der Waals surface area contributed by atoms with Crippen LogP contribution in [0.3, 0.4) is 0 Å². The predicted octanol–water partition coefficient (Wildman–Crippen LogP) is 1.14. The molecule has 0 atom stereocenters. The molecule has 110 valence electrons. The maximum atomic E-state index is 12.2. The molecule has 0 saturated heterocycles. The Hall–Kier alpha value is -2.70. The zero-order valence-corrected chi connectivity index (χ0v) is 12.0. The van der Waals surface area contributed by atoms with Gasteiger partial charge >= 0.3 is 5.69 Å². The number of aryl methyl sites for hydroxylation is 1. The van der Waals surface area contributed by atoms with Gasteiger partial charge in [0.25, 0.3) is 11.5 Å². The van der Waals surface area contributed by atoms with Crippen LogP contribution in [-0.2, 0) is 0 Å². The van der Waals surface area contributed by atoms with Crippen molar-refractivity contribution in [2.24, 2.45) is 0 Å². The Balaban J connectivity index is 2.40. The van der Waals surface area contributed by atoms with Crippen LogP contribution in [0, 0.1) is 6.92 Å². The maximum absolute atomic E-state index is 12.2. The number of nitrogens with zero attached hydrogens (tertiary/aromatic N) is 1. The van der Waals surface area contributed by atoms with Gasteiger partial charge in [-0.1, -0.05) is 32.0 Å². The van der Waals surface area contributed by atoms with Crippen molar-refractivity contribution in [2.45, 2.75) is 26.7 Å². The number of carbonyl (C=O) groups is 1. The largest absolute Gasteiger partial charge is 0.342 e. The molecule has 0 radical (unpaired) electrons. The summed E-state index contributed by atoms with van der Waals surface area (Å²) in [7, 11) is 0. The summed E-state index contributed by atoms with van der Waals surface area (Å²) < 4.78 is 0. The molecule has 3 N–H and O–H groups in total. The molecule has 0 spiro atoms. The standard InChI is InChI=1S/C14H16N4O3/c1-7(2)9-6-4-5-8(3)10(9)15-12(19)11-13(20)16-14(21)18-17-11/h4-7H,1-3H3,(H,15,19)(H2,16,18,20,21). The van der Waals surface area contributed by atoms with E-state index in [2.05, 4.69) is 10.4 Å². The van der Waals surface area contributed by atoms with E-state index in [0.29, 0.717) is 5.69 Å². The fourth-order valence-corrected chi connectivity index (χ4v) is 2.02. The Bertz CT molecular complexity index is 789. The average molecular weight is 288 g/mol. The Morgan fingerprint density at radius 1 is 1.29 bits per heavy atom. The molecular weight excluding hydrogens is 272 g/mol. The van der Waals surface area contributed by atoms with Gasteiger partial charge in [-0.05, 0) is 24.0 Å². The first-order valence-corrected chi connectivity index (χ1v) is 6.50. The van der Waals surface area contributed by atoms with Crippen molar-refractivity contribution in [1.82, 2.24) is 15.2 Å². The number of aromatic nitrogens is 3. The zero-order valence-electron chi connectivity index (χ0n) is 12.0. The lowest BCUT2D eigenvalue weighted by atomic mass is 9.98. The van der Waals surface area contributed by atoms with E-state index in [1.165, 1.54) is 0 Å².